The smallest absolute Gasteiger partial charge is 0.261 e. The van der Waals surface area contributed by atoms with Crippen molar-refractivity contribution < 1.29 is 19.1 Å². The van der Waals surface area contributed by atoms with Crippen molar-refractivity contribution in [1.29, 1.82) is 0 Å². The molecule has 0 aliphatic carbocycles. The van der Waals surface area contributed by atoms with E-state index in [0.29, 0.717) is 36.6 Å². The van der Waals surface area contributed by atoms with Crippen LogP contribution in [0.25, 0.3) is 0 Å². The molecule has 0 radical (unpaired) electrons. The number of ether oxygens (including phenoxy) is 1. The Labute approximate surface area is 186 Å². The van der Waals surface area contributed by atoms with Gasteiger partial charge in [0, 0.05) is 30.9 Å². The van der Waals surface area contributed by atoms with Crippen molar-refractivity contribution in [1.82, 2.24) is 15.2 Å². The van der Waals surface area contributed by atoms with Crippen LogP contribution in [-0.4, -0.2) is 40.8 Å². The zero-order valence-corrected chi connectivity index (χ0v) is 17.7. The minimum Gasteiger partial charge on any atom is -0.478 e. The van der Waals surface area contributed by atoms with Gasteiger partial charge in [0.1, 0.15) is 0 Å². The van der Waals surface area contributed by atoms with Gasteiger partial charge in [0.15, 0.2) is 0 Å². The Hall–Kier alpha value is -4.00. The summed E-state index contributed by atoms with van der Waals surface area (Å²) in [5, 5.41) is 2.83. The van der Waals surface area contributed by atoms with E-state index in [9.17, 15) is 14.4 Å². The van der Waals surface area contributed by atoms with Gasteiger partial charge < -0.3 is 10.1 Å². The van der Waals surface area contributed by atoms with Crippen LogP contribution in [0.2, 0.25) is 0 Å². The number of rotatable bonds is 8. The molecule has 0 saturated carbocycles. The number of amides is 3. The van der Waals surface area contributed by atoms with Crippen LogP contribution in [0.3, 0.4) is 0 Å². The molecule has 0 fully saturated rings. The molecule has 32 heavy (non-hydrogen) atoms. The van der Waals surface area contributed by atoms with E-state index < -0.39 is 0 Å². The SMILES string of the molecule is CCOc1cc(CNC(=O)c2ccc3c(c2)C(=O)N(CCc2ccccc2)C3=O)ccn1. The zero-order valence-electron chi connectivity index (χ0n) is 17.7. The van der Waals surface area contributed by atoms with Crippen LogP contribution in [0.15, 0.2) is 66.9 Å². The summed E-state index contributed by atoms with van der Waals surface area (Å²) in [5.41, 5.74) is 2.81. The van der Waals surface area contributed by atoms with Gasteiger partial charge in [-0.15, -0.1) is 0 Å². The van der Waals surface area contributed by atoms with Gasteiger partial charge in [-0.1, -0.05) is 30.3 Å². The first kappa shape index (κ1) is 21.2. The molecule has 3 aromatic rings. The number of hydrogen-bond acceptors (Lipinski definition) is 5. The topological polar surface area (TPSA) is 88.6 Å². The molecular formula is C25H23N3O4. The van der Waals surface area contributed by atoms with Crippen molar-refractivity contribution in [3.05, 3.63) is 94.7 Å². The highest BCUT2D eigenvalue weighted by Crippen LogP contribution is 2.24. The second-order valence-electron chi connectivity index (χ2n) is 7.38. The molecule has 0 unspecified atom stereocenters. The number of aromatic nitrogens is 1. The summed E-state index contributed by atoms with van der Waals surface area (Å²) in [4.78, 5) is 43.5. The predicted molar refractivity (Wildman–Crippen MR) is 119 cm³/mol. The number of carbonyl (C=O) groups is 3. The molecule has 4 rings (SSSR count). The molecule has 0 spiro atoms. The van der Waals surface area contributed by atoms with E-state index in [4.69, 9.17) is 4.74 Å². The standard InChI is InChI=1S/C25H23N3O4/c1-2-32-22-14-18(10-12-26-22)16-27-23(29)19-8-9-20-21(15-19)25(31)28(24(20)30)13-11-17-6-4-3-5-7-17/h3-10,12,14-15H,2,11,13,16H2,1H3,(H,27,29). The summed E-state index contributed by atoms with van der Waals surface area (Å²) < 4.78 is 5.37. The van der Waals surface area contributed by atoms with Gasteiger partial charge in [-0.05, 0) is 48.7 Å². The highest BCUT2D eigenvalue weighted by Gasteiger charge is 2.35. The number of pyridine rings is 1. The maximum atomic E-state index is 12.8. The molecule has 1 aromatic heterocycles. The Kier molecular flexibility index (Phi) is 6.26. The summed E-state index contributed by atoms with van der Waals surface area (Å²) in [6, 6.07) is 17.8. The first-order valence-corrected chi connectivity index (χ1v) is 10.5. The normalized spacial score (nSPS) is 12.6. The average Bonchev–Trinajstić information content (AvgIpc) is 3.06. The van der Waals surface area contributed by atoms with E-state index in [0.717, 1.165) is 11.1 Å². The number of nitrogens with one attached hydrogen (secondary N) is 1. The number of fused-ring (bicyclic) bond motifs is 1. The maximum absolute atomic E-state index is 12.8. The molecule has 2 aromatic carbocycles. The monoisotopic (exact) mass is 429 g/mol. The van der Waals surface area contributed by atoms with Crippen molar-refractivity contribution >= 4 is 17.7 Å². The van der Waals surface area contributed by atoms with Gasteiger partial charge >= 0.3 is 0 Å². The Morgan fingerprint density at radius 2 is 1.75 bits per heavy atom. The van der Waals surface area contributed by atoms with Crippen LogP contribution in [0.1, 0.15) is 49.1 Å². The third kappa shape index (κ3) is 4.51. The molecular weight excluding hydrogens is 406 g/mol. The Morgan fingerprint density at radius 3 is 2.53 bits per heavy atom. The summed E-state index contributed by atoms with van der Waals surface area (Å²) in [6.07, 6.45) is 2.20. The van der Waals surface area contributed by atoms with Crippen LogP contribution < -0.4 is 10.1 Å². The number of nitrogens with zero attached hydrogens (tertiary/aromatic N) is 2. The molecule has 0 bridgehead atoms. The summed E-state index contributed by atoms with van der Waals surface area (Å²) in [7, 11) is 0. The molecule has 1 aliphatic rings. The third-order valence-electron chi connectivity index (χ3n) is 5.24. The van der Waals surface area contributed by atoms with Crippen molar-refractivity contribution in [2.75, 3.05) is 13.2 Å². The summed E-state index contributed by atoms with van der Waals surface area (Å²) in [6.45, 7) is 2.96. The van der Waals surface area contributed by atoms with Crippen LogP contribution in [0, 0.1) is 0 Å². The van der Waals surface area contributed by atoms with Crippen molar-refractivity contribution in [2.45, 2.75) is 19.9 Å². The van der Waals surface area contributed by atoms with Crippen molar-refractivity contribution in [3.63, 3.8) is 0 Å². The fraction of sp³-hybridized carbons (Fsp3) is 0.200. The van der Waals surface area contributed by atoms with Gasteiger partial charge in [-0.25, -0.2) is 4.98 Å². The van der Waals surface area contributed by atoms with E-state index in [1.807, 2.05) is 37.3 Å². The van der Waals surface area contributed by atoms with Crippen LogP contribution in [-0.2, 0) is 13.0 Å². The largest absolute Gasteiger partial charge is 0.478 e. The van der Waals surface area contributed by atoms with Gasteiger partial charge in [0.25, 0.3) is 17.7 Å². The highest BCUT2D eigenvalue weighted by molar-refractivity contribution is 6.22. The lowest BCUT2D eigenvalue weighted by atomic mass is 10.1. The average molecular weight is 429 g/mol. The lowest BCUT2D eigenvalue weighted by Gasteiger charge is -2.13. The molecule has 2 heterocycles. The van der Waals surface area contributed by atoms with Crippen molar-refractivity contribution in [2.24, 2.45) is 0 Å². The summed E-state index contributed by atoms with van der Waals surface area (Å²) >= 11 is 0. The Morgan fingerprint density at radius 1 is 0.969 bits per heavy atom. The van der Waals surface area contributed by atoms with Crippen LogP contribution >= 0.6 is 0 Å². The predicted octanol–water partition coefficient (Wildman–Crippen LogP) is 3.25. The highest BCUT2D eigenvalue weighted by atomic mass is 16.5. The third-order valence-corrected chi connectivity index (χ3v) is 5.24. The first-order valence-electron chi connectivity index (χ1n) is 10.5. The molecule has 162 valence electrons. The molecule has 7 nitrogen and oxygen atoms in total. The number of carbonyl (C=O) groups excluding carboxylic acids is 3. The Balaban J connectivity index is 1.42. The fourth-order valence-corrected chi connectivity index (χ4v) is 3.59. The first-order chi connectivity index (χ1) is 15.6. The Bertz CT molecular complexity index is 1160. The quantitative estimate of drug-likeness (QED) is 0.556. The maximum Gasteiger partial charge on any atom is 0.261 e. The second kappa shape index (κ2) is 9.43. The van der Waals surface area contributed by atoms with E-state index >= 15 is 0 Å². The molecule has 3 amide bonds. The molecule has 7 heteroatoms. The van der Waals surface area contributed by atoms with E-state index in [2.05, 4.69) is 10.3 Å². The van der Waals surface area contributed by atoms with E-state index in [-0.39, 0.29) is 29.8 Å². The van der Waals surface area contributed by atoms with Crippen LogP contribution in [0.4, 0.5) is 0 Å². The lowest BCUT2D eigenvalue weighted by Crippen LogP contribution is -2.31. The minimum absolute atomic E-state index is 0.262. The van der Waals surface area contributed by atoms with E-state index in [1.165, 1.54) is 11.0 Å². The zero-order chi connectivity index (χ0) is 22.5. The summed E-state index contributed by atoms with van der Waals surface area (Å²) in [5.74, 6) is -0.527. The fourth-order valence-electron chi connectivity index (χ4n) is 3.59. The number of hydrogen-bond donors (Lipinski definition) is 1. The molecule has 1 N–H and O–H groups in total. The van der Waals surface area contributed by atoms with Gasteiger partial charge in [0.2, 0.25) is 5.88 Å². The second-order valence-corrected chi connectivity index (χ2v) is 7.38. The van der Waals surface area contributed by atoms with Crippen molar-refractivity contribution in [3.8, 4) is 5.88 Å². The number of benzene rings is 2. The van der Waals surface area contributed by atoms with Gasteiger partial charge in [-0.2, -0.15) is 0 Å². The van der Waals surface area contributed by atoms with Gasteiger partial charge in [-0.3, -0.25) is 19.3 Å². The molecule has 1 aliphatic heterocycles. The van der Waals surface area contributed by atoms with Gasteiger partial charge in [0.05, 0.1) is 17.7 Å². The van der Waals surface area contributed by atoms with Crippen LogP contribution in [0.5, 0.6) is 5.88 Å². The van der Waals surface area contributed by atoms with E-state index in [1.54, 1.807) is 30.5 Å². The lowest BCUT2D eigenvalue weighted by molar-refractivity contribution is 0.0656. The minimum atomic E-state index is -0.369. The number of imide groups is 1. The molecule has 0 atom stereocenters. The molecule has 0 saturated heterocycles.